The highest BCUT2D eigenvalue weighted by Crippen LogP contribution is 2.17. The molecule has 0 radical (unpaired) electrons. The Balaban J connectivity index is -0.000000168. The van der Waals surface area contributed by atoms with Gasteiger partial charge in [-0.25, -0.2) is 0 Å². The van der Waals surface area contributed by atoms with Gasteiger partial charge in [-0.05, 0) is 31.6 Å². The van der Waals surface area contributed by atoms with Gasteiger partial charge in [-0.15, -0.1) is 0 Å². The molecule has 1 unspecified atom stereocenters. The summed E-state index contributed by atoms with van der Waals surface area (Å²) in [6.45, 7) is 64.7. The lowest BCUT2D eigenvalue weighted by Crippen LogP contribution is -3.13. The Bertz CT molecular complexity index is 928. The fraction of sp³-hybridized carbons (Fsp3) is 0.948. The molecule has 3 N–H and O–H groups in total. The van der Waals surface area contributed by atoms with Crippen LogP contribution in [0.1, 0.15) is 237 Å². The van der Waals surface area contributed by atoms with Crippen LogP contribution >= 0.6 is 0 Å². The van der Waals surface area contributed by atoms with E-state index in [4.69, 9.17) is 0 Å². The second-order valence-corrected chi connectivity index (χ2v) is 24.4. The first-order valence-electron chi connectivity index (χ1n) is 27.8. The third-order valence-corrected chi connectivity index (χ3v) is 10.8. The van der Waals surface area contributed by atoms with Gasteiger partial charge in [-0.3, -0.25) is 0 Å². The summed E-state index contributed by atoms with van der Waals surface area (Å²) in [6, 6.07) is 0. The van der Waals surface area contributed by atoms with Crippen LogP contribution < -0.4 is 30.0 Å². The van der Waals surface area contributed by atoms with E-state index in [1.807, 2.05) is 13.8 Å². The van der Waals surface area contributed by atoms with Gasteiger partial charge in [0.1, 0.15) is 0 Å². The lowest BCUT2D eigenvalue weighted by Gasteiger charge is -2.24. The molecule has 0 saturated heterocycles. The van der Waals surface area contributed by atoms with E-state index >= 15 is 0 Å². The van der Waals surface area contributed by atoms with Crippen molar-refractivity contribution in [2.75, 3.05) is 58.9 Å². The zero-order valence-electron chi connectivity index (χ0n) is 49.9. The summed E-state index contributed by atoms with van der Waals surface area (Å²) >= 11 is 0. The molecule has 0 aliphatic heterocycles. The predicted octanol–water partition coefficient (Wildman–Crippen LogP) is 7.74. The molecule has 0 fully saturated rings. The summed E-state index contributed by atoms with van der Waals surface area (Å²) in [5, 5.41) is 30.1. The summed E-state index contributed by atoms with van der Waals surface area (Å²) in [7, 11) is 0. The van der Waals surface area contributed by atoms with Crippen LogP contribution in [0.5, 0.6) is 0 Å². The highest BCUT2D eigenvalue weighted by molar-refractivity contribution is 5.71. The molecule has 0 aromatic heterocycles. The molecule has 0 rings (SSSR count). The minimum Gasteiger partial charge on any atom is -0.550 e. The number of carboxylic acids is 3. The fourth-order valence-electron chi connectivity index (χ4n) is 7.87. The summed E-state index contributed by atoms with van der Waals surface area (Å²) in [4.78, 5) is 35.5. The van der Waals surface area contributed by atoms with Crippen molar-refractivity contribution >= 4 is 17.9 Å². The Hall–Kier alpha value is -1.71. The van der Waals surface area contributed by atoms with Crippen molar-refractivity contribution in [2.24, 2.45) is 64.6 Å². The van der Waals surface area contributed by atoms with Crippen LogP contribution in [-0.2, 0) is 14.4 Å². The van der Waals surface area contributed by atoms with Crippen molar-refractivity contribution < 1.29 is 44.4 Å². The highest BCUT2D eigenvalue weighted by Gasteiger charge is 2.17. The average Bonchev–Trinajstić information content (AvgIpc) is 3.13. The molecular weight excluding hydrogens is 835 g/mol. The zero-order valence-corrected chi connectivity index (χ0v) is 49.9. The quantitative estimate of drug-likeness (QED) is 0.0610. The molecule has 0 spiro atoms. The van der Waals surface area contributed by atoms with E-state index < -0.39 is 23.3 Å². The van der Waals surface area contributed by atoms with E-state index in [2.05, 4.69) is 132 Å². The van der Waals surface area contributed by atoms with Gasteiger partial charge in [-0.2, -0.15) is 0 Å². The van der Waals surface area contributed by atoms with Crippen LogP contribution in [0.3, 0.4) is 0 Å². The maximum Gasteiger partial charge on any atom is 0.0794 e. The van der Waals surface area contributed by atoms with Crippen molar-refractivity contribution in [3.63, 3.8) is 0 Å². The number of rotatable bonds is 31. The van der Waals surface area contributed by atoms with Gasteiger partial charge < -0.3 is 44.4 Å². The molecule has 9 nitrogen and oxygen atoms in total. The van der Waals surface area contributed by atoms with Gasteiger partial charge >= 0.3 is 0 Å². The van der Waals surface area contributed by atoms with Gasteiger partial charge in [0.25, 0.3) is 0 Å². The molecule has 0 saturated carbocycles. The van der Waals surface area contributed by atoms with Crippen LogP contribution in [0.15, 0.2) is 0 Å². The summed E-state index contributed by atoms with van der Waals surface area (Å²) < 4.78 is 0. The molecule has 0 aromatic rings. The molecule has 0 heterocycles. The normalized spacial score (nSPS) is 12.0. The van der Waals surface area contributed by atoms with Crippen molar-refractivity contribution in [1.29, 1.82) is 0 Å². The Kier molecular flexibility index (Phi) is 56.5. The lowest BCUT2D eigenvalue weighted by molar-refractivity contribution is -0.909. The summed E-state index contributed by atoms with van der Waals surface area (Å²) in [5.41, 5.74) is -0.653. The molecule has 0 aliphatic carbocycles. The number of hydrogen-bond acceptors (Lipinski definition) is 6. The van der Waals surface area contributed by atoms with Gasteiger partial charge in [0, 0.05) is 76.6 Å². The van der Waals surface area contributed by atoms with Gasteiger partial charge in [-0.1, -0.05) is 211 Å². The number of carbonyl (C=O) groups is 3. The minimum absolute atomic E-state index is 0.230. The number of hydrogen-bond donors (Lipinski definition) is 3. The Morgan fingerprint density at radius 3 is 0.761 bits per heavy atom. The van der Waals surface area contributed by atoms with Crippen molar-refractivity contribution in [3.8, 4) is 0 Å². The second-order valence-electron chi connectivity index (χ2n) is 24.4. The number of quaternary nitrogens is 3. The van der Waals surface area contributed by atoms with Gasteiger partial charge in [0.2, 0.25) is 0 Å². The molecule has 0 bridgehead atoms. The first-order chi connectivity index (χ1) is 30.7. The number of aliphatic carboxylic acids is 3. The van der Waals surface area contributed by atoms with E-state index in [0.29, 0.717) is 6.42 Å². The molecule has 67 heavy (non-hydrogen) atoms. The van der Waals surface area contributed by atoms with Crippen molar-refractivity contribution in [3.05, 3.63) is 0 Å². The standard InChI is InChI=1S/3C12H27N.C10H20O2.2C6H12O2/c3*1-10(2)7-13(8-11(3)4)9-12(5)6;1-2-3-4-5-6-7-8-9-10(11)12;1-4-6(2,3)5(7)8;1-3-4-5(2)6(7)8/h3*10-12H,7-9H2,1-6H3;2-9H2,1H3,(H,11,12);4H2,1-3H3,(H,7,8);5H,3-4H2,1-2H3,(H,7,8). The molecule has 1 atom stereocenters. The van der Waals surface area contributed by atoms with Crippen LogP contribution in [-0.4, -0.2) is 76.8 Å². The van der Waals surface area contributed by atoms with E-state index in [0.717, 1.165) is 78.9 Å². The highest BCUT2D eigenvalue weighted by atomic mass is 16.4. The van der Waals surface area contributed by atoms with Crippen LogP contribution in [0.2, 0.25) is 0 Å². The second kappa shape index (κ2) is 49.3. The summed E-state index contributed by atoms with van der Waals surface area (Å²) in [6.07, 6.45) is 10.6. The first kappa shape index (κ1) is 76.8. The lowest BCUT2D eigenvalue weighted by atomic mass is 9.91. The van der Waals surface area contributed by atoms with E-state index in [1.165, 1.54) is 91.0 Å². The third-order valence-electron chi connectivity index (χ3n) is 10.8. The smallest absolute Gasteiger partial charge is 0.0794 e. The zero-order chi connectivity index (χ0) is 53.9. The number of carboxylic acid groups (broad SMARTS) is 3. The van der Waals surface area contributed by atoms with Crippen LogP contribution in [0.25, 0.3) is 0 Å². The molecule has 0 aliphatic rings. The first-order valence-corrected chi connectivity index (χ1v) is 27.8. The Morgan fingerprint density at radius 1 is 0.388 bits per heavy atom. The Morgan fingerprint density at radius 2 is 0.627 bits per heavy atom. The Labute approximate surface area is 421 Å². The van der Waals surface area contributed by atoms with Crippen LogP contribution in [0.4, 0.5) is 0 Å². The molecule has 0 aromatic carbocycles. The van der Waals surface area contributed by atoms with Crippen molar-refractivity contribution in [2.45, 2.75) is 237 Å². The molecular formula is C58H125N3O6. The van der Waals surface area contributed by atoms with E-state index in [-0.39, 0.29) is 12.3 Å². The SMILES string of the molecule is CC(C)C[NH+](CC(C)C)CC(C)C.CC(C)C[NH+](CC(C)C)CC(C)C.CC(C)C[NH+](CC(C)C)CC(C)C.CCC(C)(C)C(=O)[O-].CCCC(C)C(=O)[O-].CCCCCCCCCC(=O)[O-]. The molecule has 408 valence electrons. The third kappa shape index (κ3) is 71.0. The van der Waals surface area contributed by atoms with E-state index in [1.54, 1.807) is 35.5 Å². The van der Waals surface area contributed by atoms with Crippen LogP contribution in [0, 0.1) is 64.6 Å². The van der Waals surface area contributed by atoms with Gasteiger partial charge in [0.15, 0.2) is 0 Å². The molecule has 0 amide bonds. The molecule has 9 heteroatoms. The topological polar surface area (TPSA) is 134 Å². The van der Waals surface area contributed by atoms with Crippen molar-refractivity contribution in [1.82, 2.24) is 0 Å². The number of nitrogens with one attached hydrogen (secondary N) is 3. The monoisotopic (exact) mass is 960 g/mol. The van der Waals surface area contributed by atoms with Gasteiger partial charge in [0.05, 0.1) is 58.9 Å². The maximum absolute atomic E-state index is 10.1. The number of carbonyl (C=O) groups excluding carboxylic acids is 3. The van der Waals surface area contributed by atoms with E-state index in [9.17, 15) is 29.7 Å². The largest absolute Gasteiger partial charge is 0.550 e. The summed E-state index contributed by atoms with van der Waals surface area (Å²) in [5.74, 6) is 4.34. The average molecular weight is 961 g/mol. The maximum atomic E-state index is 10.1. The number of unbranched alkanes of at least 4 members (excludes halogenated alkanes) is 6. The minimum atomic E-state index is -0.972. The predicted molar refractivity (Wildman–Crippen MR) is 286 cm³/mol. The fourth-order valence-corrected chi connectivity index (χ4v) is 7.87.